The van der Waals surface area contributed by atoms with Crippen LogP contribution in [0.1, 0.15) is 42.6 Å². The molecule has 0 saturated carbocycles. The zero-order chi connectivity index (χ0) is 13.1. The SMILES string of the molecule is CCC(=O)C(C)N1CCCc2ccccc2C1=O. The van der Waals surface area contributed by atoms with Crippen molar-refractivity contribution in [2.24, 2.45) is 0 Å². The van der Waals surface area contributed by atoms with Crippen molar-refractivity contribution in [1.29, 1.82) is 0 Å². The van der Waals surface area contributed by atoms with Gasteiger partial charge in [-0.15, -0.1) is 0 Å². The molecule has 0 bridgehead atoms. The number of ketones is 1. The van der Waals surface area contributed by atoms with Crippen molar-refractivity contribution in [1.82, 2.24) is 4.90 Å². The number of carbonyl (C=O) groups is 2. The average Bonchev–Trinajstić information content (AvgIpc) is 2.57. The molecule has 0 N–H and O–H groups in total. The lowest BCUT2D eigenvalue weighted by atomic mass is 10.0. The van der Waals surface area contributed by atoms with Gasteiger partial charge in [0.15, 0.2) is 5.78 Å². The molecule has 1 unspecified atom stereocenters. The number of amides is 1. The maximum absolute atomic E-state index is 12.5. The molecule has 0 spiro atoms. The topological polar surface area (TPSA) is 37.4 Å². The minimum Gasteiger partial charge on any atom is -0.329 e. The molecule has 1 aliphatic heterocycles. The van der Waals surface area contributed by atoms with Gasteiger partial charge in [-0.3, -0.25) is 9.59 Å². The van der Waals surface area contributed by atoms with Crippen molar-refractivity contribution in [3.05, 3.63) is 35.4 Å². The summed E-state index contributed by atoms with van der Waals surface area (Å²) >= 11 is 0. The molecular weight excluding hydrogens is 226 g/mol. The average molecular weight is 245 g/mol. The predicted molar refractivity (Wildman–Crippen MR) is 70.6 cm³/mol. The Bertz CT molecular complexity index is 467. The molecule has 0 fully saturated rings. The van der Waals surface area contributed by atoms with E-state index in [1.54, 1.807) is 4.90 Å². The van der Waals surface area contributed by atoms with E-state index in [1.807, 2.05) is 38.1 Å². The number of nitrogens with zero attached hydrogens (tertiary/aromatic N) is 1. The van der Waals surface area contributed by atoms with E-state index < -0.39 is 0 Å². The van der Waals surface area contributed by atoms with Gasteiger partial charge in [-0.05, 0) is 31.4 Å². The lowest BCUT2D eigenvalue weighted by Crippen LogP contribution is -2.43. The smallest absolute Gasteiger partial charge is 0.254 e. The summed E-state index contributed by atoms with van der Waals surface area (Å²) in [5, 5.41) is 0. The maximum Gasteiger partial charge on any atom is 0.254 e. The van der Waals surface area contributed by atoms with E-state index in [9.17, 15) is 9.59 Å². The van der Waals surface area contributed by atoms with Gasteiger partial charge in [-0.2, -0.15) is 0 Å². The molecule has 3 nitrogen and oxygen atoms in total. The number of rotatable bonds is 3. The van der Waals surface area contributed by atoms with Crippen LogP contribution in [0.4, 0.5) is 0 Å². The first-order chi connectivity index (χ1) is 8.65. The van der Waals surface area contributed by atoms with Crippen LogP contribution in [0.3, 0.4) is 0 Å². The molecule has 0 aromatic heterocycles. The third-order valence-electron chi connectivity index (χ3n) is 3.64. The predicted octanol–water partition coefficient (Wildman–Crippen LogP) is 2.44. The van der Waals surface area contributed by atoms with E-state index in [-0.39, 0.29) is 17.7 Å². The van der Waals surface area contributed by atoms with Gasteiger partial charge in [-0.1, -0.05) is 25.1 Å². The third kappa shape index (κ3) is 2.30. The summed E-state index contributed by atoms with van der Waals surface area (Å²) in [4.78, 5) is 26.0. The molecular formula is C15H19NO2. The molecule has 1 aromatic rings. The molecule has 96 valence electrons. The molecule has 1 amide bonds. The molecule has 1 heterocycles. The fraction of sp³-hybridized carbons (Fsp3) is 0.467. The van der Waals surface area contributed by atoms with Crippen LogP contribution in [-0.2, 0) is 11.2 Å². The largest absolute Gasteiger partial charge is 0.329 e. The Morgan fingerprint density at radius 1 is 1.39 bits per heavy atom. The Morgan fingerprint density at radius 2 is 2.11 bits per heavy atom. The molecule has 1 aromatic carbocycles. The van der Waals surface area contributed by atoms with Crippen molar-refractivity contribution in [2.75, 3.05) is 6.54 Å². The summed E-state index contributed by atoms with van der Waals surface area (Å²) in [6.07, 6.45) is 2.31. The van der Waals surface area contributed by atoms with Gasteiger partial charge in [0.2, 0.25) is 0 Å². The van der Waals surface area contributed by atoms with E-state index in [0.717, 1.165) is 24.0 Å². The lowest BCUT2D eigenvalue weighted by molar-refractivity contribution is -0.122. The summed E-state index contributed by atoms with van der Waals surface area (Å²) in [5.41, 5.74) is 1.85. The highest BCUT2D eigenvalue weighted by Gasteiger charge is 2.28. The van der Waals surface area contributed by atoms with E-state index in [0.29, 0.717) is 13.0 Å². The summed E-state index contributed by atoms with van der Waals surface area (Å²) in [6.45, 7) is 4.34. The number of hydrogen-bond acceptors (Lipinski definition) is 2. The van der Waals surface area contributed by atoms with Crippen molar-refractivity contribution in [3.63, 3.8) is 0 Å². The molecule has 0 aliphatic carbocycles. The molecule has 3 heteroatoms. The first kappa shape index (κ1) is 12.8. The van der Waals surface area contributed by atoms with Crippen molar-refractivity contribution in [2.45, 2.75) is 39.2 Å². The van der Waals surface area contributed by atoms with Gasteiger partial charge in [0.1, 0.15) is 0 Å². The third-order valence-corrected chi connectivity index (χ3v) is 3.64. The first-order valence-electron chi connectivity index (χ1n) is 6.56. The fourth-order valence-electron chi connectivity index (χ4n) is 2.48. The Labute approximate surface area is 108 Å². The first-order valence-corrected chi connectivity index (χ1v) is 6.56. The summed E-state index contributed by atoms with van der Waals surface area (Å²) < 4.78 is 0. The monoisotopic (exact) mass is 245 g/mol. The number of aryl methyl sites for hydroxylation is 1. The fourth-order valence-corrected chi connectivity index (χ4v) is 2.48. The van der Waals surface area contributed by atoms with Crippen molar-refractivity contribution < 1.29 is 9.59 Å². The molecule has 2 rings (SSSR count). The van der Waals surface area contributed by atoms with Crippen LogP contribution in [0.2, 0.25) is 0 Å². The van der Waals surface area contributed by atoms with Gasteiger partial charge in [-0.25, -0.2) is 0 Å². The van der Waals surface area contributed by atoms with Crippen LogP contribution < -0.4 is 0 Å². The second-order valence-electron chi connectivity index (χ2n) is 4.76. The van der Waals surface area contributed by atoms with Crippen LogP contribution >= 0.6 is 0 Å². The van der Waals surface area contributed by atoms with Crippen LogP contribution in [-0.4, -0.2) is 29.2 Å². The quantitative estimate of drug-likeness (QED) is 0.820. The van der Waals surface area contributed by atoms with Gasteiger partial charge >= 0.3 is 0 Å². The number of fused-ring (bicyclic) bond motifs is 1. The van der Waals surface area contributed by atoms with Gasteiger partial charge < -0.3 is 4.90 Å². The lowest BCUT2D eigenvalue weighted by Gasteiger charge is -2.26. The molecule has 1 aliphatic rings. The Morgan fingerprint density at radius 3 is 2.83 bits per heavy atom. The van der Waals surface area contributed by atoms with E-state index in [4.69, 9.17) is 0 Å². The van der Waals surface area contributed by atoms with Gasteiger partial charge in [0, 0.05) is 18.5 Å². The minimum absolute atomic E-state index is 0.00241. The van der Waals surface area contributed by atoms with Crippen LogP contribution in [0.15, 0.2) is 24.3 Å². The zero-order valence-electron chi connectivity index (χ0n) is 11.0. The Hall–Kier alpha value is -1.64. The van der Waals surface area contributed by atoms with Gasteiger partial charge in [0.25, 0.3) is 5.91 Å². The van der Waals surface area contributed by atoms with E-state index in [1.165, 1.54) is 0 Å². The molecule has 0 radical (unpaired) electrons. The number of Topliss-reactive ketones (excluding diaryl/α,β-unsaturated/α-hetero) is 1. The van der Waals surface area contributed by atoms with Crippen molar-refractivity contribution >= 4 is 11.7 Å². The molecule has 18 heavy (non-hydrogen) atoms. The van der Waals surface area contributed by atoms with Crippen LogP contribution in [0.25, 0.3) is 0 Å². The summed E-state index contributed by atoms with van der Waals surface area (Å²) in [7, 11) is 0. The molecule has 0 saturated heterocycles. The second kappa shape index (κ2) is 5.34. The van der Waals surface area contributed by atoms with Gasteiger partial charge in [0.05, 0.1) is 6.04 Å². The Kier molecular flexibility index (Phi) is 3.80. The highest BCUT2D eigenvalue weighted by Crippen LogP contribution is 2.20. The number of carbonyl (C=O) groups excluding carboxylic acids is 2. The van der Waals surface area contributed by atoms with Crippen molar-refractivity contribution in [3.8, 4) is 0 Å². The van der Waals surface area contributed by atoms with Crippen LogP contribution in [0, 0.1) is 0 Å². The highest BCUT2D eigenvalue weighted by atomic mass is 16.2. The van der Waals surface area contributed by atoms with Crippen LogP contribution in [0.5, 0.6) is 0 Å². The number of benzene rings is 1. The standard InChI is InChI=1S/C15H19NO2/c1-3-14(17)11(2)16-10-6-8-12-7-4-5-9-13(12)15(16)18/h4-5,7,9,11H,3,6,8,10H2,1-2H3. The maximum atomic E-state index is 12.5. The highest BCUT2D eigenvalue weighted by molar-refractivity contribution is 5.99. The minimum atomic E-state index is -0.311. The summed E-state index contributed by atoms with van der Waals surface area (Å²) in [6, 6.07) is 7.39. The zero-order valence-corrected chi connectivity index (χ0v) is 11.0. The molecule has 1 atom stereocenters. The normalized spacial score (nSPS) is 17.0. The van der Waals surface area contributed by atoms with E-state index >= 15 is 0 Å². The number of hydrogen-bond donors (Lipinski definition) is 0. The summed E-state index contributed by atoms with van der Waals surface area (Å²) in [5.74, 6) is 0.125. The Balaban J connectivity index is 2.30. The van der Waals surface area contributed by atoms with E-state index in [2.05, 4.69) is 0 Å². The second-order valence-corrected chi connectivity index (χ2v) is 4.76.